The highest BCUT2D eigenvalue weighted by molar-refractivity contribution is 6.35. The second-order valence-electron chi connectivity index (χ2n) is 6.37. The number of aromatic nitrogens is 1. The summed E-state index contributed by atoms with van der Waals surface area (Å²) in [5.74, 6) is 0. The molecule has 114 valence electrons. The SMILES string of the molecule is CC(C)n1cc(CN2CCN(C)CC2)c2c(Cl)cccc21. The largest absolute Gasteiger partial charge is 0.345 e. The second-order valence-corrected chi connectivity index (χ2v) is 6.78. The van der Waals surface area contributed by atoms with Crippen molar-refractivity contribution in [2.45, 2.75) is 26.4 Å². The first-order valence-corrected chi connectivity index (χ1v) is 8.13. The predicted octanol–water partition coefficient (Wildman–Crippen LogP) is 3.62. The molecule has 1 aromatic carbocycles. The molecule has 1 aliphatic heterocycles. The summed E-state index contributed by atoms with van der Waals surface area (Å²) in [7, 11) is 2.19. The van der Waals surface area contributed by atoms with E-state index in [9.17, 15) is 0 Å². The van der Waals surface area contributed by atoms with Gasteiger partial charge < -0.3 is 9.47 Å². The Balaban J connectivity index is 1.94. The Morgan fingerprint density at radius 2 is 1.86 bits per heavy atom. The smallest absolute Gasteiger partial charge is 0.0503 e. The number of fused-ring (bicyclic) bond motifs is 1. The quantitative estimate of drug-likeness (QED) is 0.858. The van der Waals surface area contributed by atoms with E-state index in [1.165, 1.54) is 16.5 Å². The Morgan fingerprint density at radius 1 is 1.14 bits per heavy atom. The summed E-state index contributed by atoms with van der Waals surface area (Å²) in [4.78, 5) is 4.92. The summed E-state index contributed by atoms with van der Waals surface area (Å²) >= 11 is 6.48. The van der Waals surface area contributed by atoms with Crippen LogP contribution < -0.4 is 0 Å². The lowest BCUT2D eigenvalue weighted by atomic mass is 10.1. The number of nitrogens with zero attached hydrogens (tertiary/aromatic N) is 3. The van der Waals surface area contributed by atoms with Gasteiger partial charge in [0, 0.05) is 50.3 Å². The normalized spacial score (nSPS) is 18.0. The molecule has 21 heavy (non-hydrogen) atoms. The summed E-state index contributed by atoms with van der Waals surface area (Å²) in [5, 5.41) is 2.10. The first-order chi connectivity index (χ1) is 10.1. The molecule has 4 heteroatoms. The van der Waals surface area contributed by atoms with Gasteiger partial charge in [-0.05, 0) is 38.6 Å². The number of benzene rings is 1. The van der Waals surface area contributed by atoms with Crippen LogP contribution in [0.1, 0.15) is 25.5 Å². The van der Waals surface area contributed by atoms with Crippen LogP contribution in [0.2, 0.25) is 5.02 Å². The molecule has 0 aliphatic carbocycles. The summed E-state index contributed by atoms with van der Waals surface area (Å²) in [5.41, 5.74) is 2.61. The molecular formula is C17H24ClN3. The van der Waals surface area contributed by atoms with Crippen LogP contribution >= 0.6 is 11.6 Å². The molecule has 2 heterocycles. The number of hydrogen-bond acceptors (Lipinski definition) is 2. The first kappa shape index (κ1) is 14.9. The number of likely N-dealkylation sites (N-methyl/N-ethyl adjacent to an activating group) is 1. The van der Waals surface area contributed by atoms with Gasteiger partial charge in [0.2, 0.25) is 0 Å². The average molecular weight is 306 g/mol. The van der Waals surface area contributed by atoms with Crippen molar-refractivity contribution < 1.29 is 0 Å². The van der Waals surface area contributed by atoms with E-state index in [0.717, 1.165) is 37.7 Å². The van der Waals surface area contributed by atoms with E-state index in [1.807, 2.05) is 12.1 Å². The highest BCUT2D eigenvalue weighted by atomic mass is 35.5. The fourth-order valence-corrected chi connectivity index (χ4v) is 3.43. The molecule has 1 aromatic heterocycles. The highest BCUT2D eigenvalue weighted by Gasteiger charge is 2.18. The number of rotatable bonds is 3. The van der Waals surface area contributed by atoms with Gasteiger partial charge in [-0.2, -0.15) is 0 Å². The van der Waals surface area contributed by atoms with E-state index in [0.29, 0.717) is 6.04 Å². The van der Waals surface area contributed by atoms with Crippen molar-refractivity contribution in [1.29, 1.82) is 0 Å². The Kier molecular flexibility index (Phi) is 4.25. The van der Waals surface area contributed by atoms with Crippen LogP contribution in [0.5, 0.6) is 0 Å². The van der Waals surface area contributed by atoms with E-state index >= 15 is 0 Å². The van der Waals surface area contributed by atoms with E-state index in [-0.39, 0.29) is 0 Å². The Labute approximate surface area is 132 Å². The van der Waals surface area contributed by atoms with Crippen molar-refractivity contribution in [1.82, 2.24) is 14.4 Å². The molecule has 0 atom stereocenters. The third-order valence-corrected chi connectivity index (χ3v) is 4.75. The van der Waals surface area contributed by atoms with Crippen molar-refractivity contribution >= 4 is 22.5 Å². The van der Waals surface area contributed by atoms with Crippen molar-refractivity contribution in [2.24, 2.45) is 0 Å². The minimum absolute atomic E-state index is 0.451. The zero-order valence-electron chi connectivity index (χ0n) is 13.1. The van der Waals surface area contributed by atoms with Gasteiger partial charge in [0.25, 0.3) is 0 Å². The third kappa shape index (κ3) is 2.96. The molecule has 0 N–H and O–H groups in total. The lowest BCUT2D eigenvalue weighted by Gasteiger charge is -2.32. The van der Waals surface area contributed by atoms with Crippen LogP contribution in [0.15, 0.2) is 24.4 Å². The van der Waals surface area contributed by atoms with Gasteiger partial charge in [-0.15, -0.1) is 0 Å². The highest BCUT2D eigenvalue weighted by Crippen LogP contribution is 2.31. The lowest BCUT2D eigenvalue weighted by molar-refractivity contribution is 0.148. The lowest BCUT2D eigenvalue weighted by Crippen LogP contribution is -2.43. The zero-order chi connectivity index (χ0) is 15.0. The molecule has 2 aromatic rings. The number of piperazine rings is 1. The third-order valence-electron chi connectivity index (χ3n) is 4.43. The molecule has 1 fully saturated rings. The summed E-state index contributed by atoms with van der Waals surface area (Å²) in [6.07, 6.45) is 2.29. The van der Waals surface area contributed by atoms with Crippen molar-refractivity contribution in [3.8, 4) is 0 Å². The Morgan fingerprint density at radius 3 is 2.52 bits per heavy atom. The summed E-state index contributed by atoms with van der Waals surface area (Å²) < 4.78 is 2.34. The van der Waals surface area contributed by atoms with Crippen LogP contribution in [0.4, 0.5) is 0 Å². The molecule has 0 spiro atoms. The van der Waals surface area contributed by atoms with Crippen molar-refractivity contribution in [2.75, 3.05) is 33.2 Å². The summed E-state index contributed by atoms with van der Waals surface area (Å²) in [6, 6.07) is 6.67. The Hall–Kier alpha value is -1.03. The van der Waals surface area contributed by atoms with Crippen LogP contribution in [0, 0.1) is 0 Å². The standard InChI is InChI=1S/C17H24ClN3/c1-13(2)21-12-14(11-20-9-7-19(3)8-10-20)17-15(18)5-4-6-16(17)21/h4-6,12-13H,7-11H2,1-3H3. The Bertz CT molecular complexity index is 624. The first-order valence-electron chi connectivity index (χ1n) is 7.75. The minimum atomic E-state index is 0.451. The average Bonchev–Trinajstić information content (AvgIpc) is 2.82. The monoisotopic (exact) mass is 305 g/mol. The van der Waals surface area contributed by atoms with Gasteiger partial charge >= 0.3 is 0 Å². The maximum Gasteiger partial charge on any atom is 0.0503 e. The molecule has 3 rings (SSSR count). The molecule has 0 saturated carbocycles. The van der Waals surface area contributed by atoms with Crippen LogP contribution in [0.3, 0.4) is 0 Å². The van der Waals surface area contributed by atoms with E-state index < -0.39 is 0 Å². The molecule has 3 nitrogen and oxygen atoms in total. The molecule has 1 aliphatic rings. The molecule has 0 bridgehead atoms. The topological polar surface area (TPSA) is 11.4 Å². The van der Waals surface area contributed by atoms with Gasteiger partial charge in [-0.1, -0.05) is 17.7 Å². The van der Waals surface area contributed by atoms with Crippen LogP contribution in [0.25, 0.3) is 10.9 Å². The summed E-state index contributed by atoms with van der Waals surface area (Å²) in [6.45, 7) is 10.0. The van der Waals surface area contributed by atoms with Crippen LogP contribution in [-0.2, 0) is 6.54 Å². The van der Waals surface area contributed by atoms with E-state index in [4.69, 9.17) is 11.6 Å². The molecule has 0 amide bonds. The zero-order valence-corrected chi connectivity index (χ0v) is 13.9. The van der Waals surface area contributed by atoms with E-state index in [2.05, 4.69) is 47.5 Å². The fourth-order valence-electron chi connectivity index (χ4n) is 3.14. The maximum atomic E-state index is 6.48. The fraction of sp³-hybridized carbons (Fsp3) is 0.529. The van der Waals surface area contributed by atoms with Crippen molar-refractivity contribution in [3.63, 3.8) is 0 Å². The van der Waals surface area contributed by atoms with Gasteiger partial charge in [-0.3, -0.25) is 4.90 Å². The van der Waals surface area contributed by atoms with Gasteiger partial charge in [-0.25, -0.2) is 0 Å². The van der Waals surface area contributed by atoms with Crippen LogP contribution in [-0.4, -0.2) is 47.6 Å². The van der Waals surface area contributed by atoms with Gasteiger partial charge in [0.15, 0.2) is 0 Å². The molecular weight excluding hydrogens is 282 g/mol. The van der Waals surface area contributed by atoms with Gasteiger partial charge in [0.05, 0.1) is 10.5 Å². The number of hydrogen-bond donors (Lipinski definition) is 0. The van der Waals surface area contributed by atoms with Gasteiger partial charge in [0.1, 0.15) is 0 Å². The van der Waals surface area contributed by atoms with Crippen molar-refractivity contribution in [3.05, 3.63) is 35.0 Å². The predicted molar refractivity (Wildman–Crippen MR) is 90.1 cm³/mol. The molecule has 0 unspecified atom stereocenters. The van der Waals surface area contributed by atoms with E-state index in [1.54, 1.807) is 0 Å². The second kappa shape index (κ2) is 5.99. The number of halogens is 1. The molecule has 1 saturated heterocycles. The molecule has 0 radical (unpaired) electrons. The minimum Gasteiger partial charge on any atom is -0.345 e. The maximum absolute atomic E-state index is 6.48.